The van der Waals surface area contributed by atoms with Crippen molar-refractivity contribution in [1.82, 2.24) is 10.2 Å². The summed E-state index contributed by atoms with van der Waals surface area (Å²) in [6.07, 6.45) is 1.97. The van der Waals surface area contributed by atoms with Gasteiger partial charge in [-0.2, -0.15) is 5.26 Å². The van der Waals surface area contributed by atoms with E-state index in [9.17, 15) is 4.79 Å². The molecule has 0 saturated carbocycles. The highest BCUT2D eigenvalue weighted by Gasteiger charge is 2.22. The molecule has 94 valence electrons. The Morgan fingerprint density at radius 1 is 1.44 bits per heavy atom. The number of hydrogen-bond donors (Lipinski definition) is 1. The molecule has 0 atom stereocenters. The van der Waals surface area contributed by atoms with Crippen LogP contribution >= 0.6 is 0 Å². The Bertz CT molecular complexity index is 470. The van der Waals surface area contributed by atoms with Crippen molar-refractivity contribution in [2.75, 3.05) is 20.1 Å². The molecule has 1 aliphatic heterocycles. The molecule has 0 bridgehead atoms. The molecule has 0 aliphatic carbocycles. The Labute approximate surface area is 107 Å². The molecule has 4 nitrogen and oxygen atoms in total. The quantitative estimate of drug-likeness (QED) is 0.853. The summed E-state index contributed by atoms with van der Waals surface area (Å²) in [4.78, 5) is 14.1. The fourth-order valence-corrected chi connectivity index (χ4v) is 2.28. The van der Waals surface area contributed by atoms with Crippen LogP contribution in [-0.2, 0) is 0 Å². The molecule has 18 heavy (non-hydrogen) atoms. The Kier molecular flexibility index (Phi) is 3.96. The van der Waals surface area contributed by atoms with Gasteiger partial charge in [0.1, 0.15) is 0 Å². The lowest BCUT2D eigenvalue weighted by molar-refractivity contribution is 0.0707. The summed E-state index contributed by atoms with van der Waals surface area (Å²) in [6, 6.07) is 9.47. The fraction of sp³-hybridized carbons (Fsp3) is 0.429. The third kappa shape index (κ3) is 2.69. The summed E-state index contributed by atoms with van der Waals surface area (Å²) >= 11 is 0. The molecule has 1 fully saturated rings. The molecule has 0 unspecified atom stereocenters. The number of carbonyl (C=O) groups is 1. The van der Waals surface area contributed by atoms with Crippen LogP contribution in [-0.4, -0.2) is 37.0 Å². The lowest BCUT2D eigenvalue weighted by Gasteiger charge is -2.31. The average Bonchev–Trinajstić information content (AvgIpc) is 2.46. The van der Waals surface area contributed by atoms with Gasteiger partial charge in [0.15, 0.2) is 0 Å². The van der Waals surface area contributed by atoms with Gasteiger partial charge in [-0.3, -0.25) is 4.79 Å². The van der Waals surface area contributed by atoms with Gasteiger partial charge in [0.05, 0.1) is 11.6 Å². The minimum absolute atomic E-state index is 0.0293. The first kappa shape index (κ1) is 12.6. The first-order valence-corrected chi connectivity index (χ1v) is 6.21. The Hall–Kier alpha value is -1.86. The number of rotatable bonds is 2. The zero-order chi connectivity index (χ0) is 13.0. The molecule has 1 aromatic carbocycles. The number of hydrogen-bond acceptors (Lipinski definition) is 3. The van der Waals surface area contributed by atoms with E-state index in [4.69, 9.17) is 5.26 Å². The summed E-state index contributed by atoms with van der Waals surface area (Å²) < 4.78 is 0. The summed E-state index contributed by atoms with van der Waals surface area (Å²) in [7, 11) is 1.96. The maximum Gasteiger partial charge on any atom is 0.253 e. The van der Waals surface area contributed by atoms with Gasteiger partial charge < -0.3 is 10.2 Å². The van der Waals surface area contributed by atoms with Crippen molar-refractivity contribution >= 4 is 5.91 Å². The van der Waals surface area contributed by atoms with Crippen LogP contribution < -0.4 is 5.32 Å². The van der Waals surface area contributed by atoms with E-state index in [2.05, 4.69) is 11.4 Å². The maximum absolute atomic E-state index is 12.3. The van der Waals surface area contributed by atoms with Gasteiger partial charge in [-0.15, -0.1) is 0 Å². The topological polar surface area (TPSA) is 56.1 Å². The Balaban J connectivity index is 2.06. The summed E-state index contributed by atoms with van der Waals surface area (Å²) in [5.41, 5.74) is 1.14. The molecule has 1 heterocycles. The highest BCUT2D eigenvalue weighted by molar-refractivity contribution is 5.94. The van der Waals surface area contributed by atoms with Crippen molar-refractivity contribution < 1.29 is 4.79 Å². The van der Waals surface area contributed by atoms with Crippen LogP contribution in [0.4, 0.5) is 0 Å². The summed E-state index contributed by atoms with van der Waals surface area (Å²) in [5, 5.41) is 12.1. The van der Waals surface area contributed by atoms with Crippen LogP contribution in [0.1, 0.15) is 28.8 Å². The van der Waals surface area contributed by atoms with Gasteiger partial charge in [-0.1, -0.05) is 6.07 Å². The predicted octanol–water partition coefficient (Wildman–Crippen LogP) is 1.38. The number of nitriles is 1. The molecular weight excluding hydrogens is 226 g/mol. The zero-order valence-electron chi connectivity index (χ0n) is 10.5. The maximum atomic E-state index is 12.3. The molecule has 1 aromatic rings. The molecule has 1 amide bonds. The summed E-state index contributed by atoms with van der Waals surface area (Å²) in [6.45, 7) is 1.56. The normalized spacial score (nSPS) is 16.3. The molecule has 0 radical (unpaired) electrons. The third-order valence-electron chi connectivity index (χ3n) is 3.43. The number of nitrogens with one attached hydrogen (secondary N) is 1. The van der Waals surface area contributed by atoms with Gasteiger partial charge in [0, 0.05) is 24.7 Å². The smallest absolute Gasteiger partial charge is 0.253 e. The minimum atomic E-state index is 0.0293. The predicted molar refractivity (Wildman–Crippen MR) is 69.1 cm³/mol. The van der Waals surface area contributed by atoms with E-state index in [0.717, 1.165) is 25.9 Å². The number of benzene rings is 1. The van der Waals surface area contributed by atoms with Crippen molar-refractivity contribution in [3.8, 4) is 6.07 Å². The van der Waals surface area contributed by atoms with E-state index in [1.807, 2.05) is 11.9 Å². The van der Waals surface area contributed by atoms with E-state index in [1.54, 1.807) is 24.3 Å². The van der Waals surface area contributed by atoms with Crippen molar-refractivity contribution in [3.63, 3.8) is 0 Å². The molecule has 0 spiro atoms. The van der Waals surface area contributed by atoms with Crippen LogP contribution in [0.3, 0.4) is 0 Å². The Morgan fingerprint density at radius 2 is 2.17 bits per heavy atom. The molecule has 0 aromatic heterocycles. The van der Waals surface area contributed by atoms with Crippen molar-refractivity contribution in [3.05, 3.63) is 35.4 Å². The second kappa shape index (κ2) is 5.65. The molecule has 1 saturated heterocycles. The van der Waals surface area contributed by atoms with E-state index < -0.39 is 0 Å². The first-order valence-electron chi connectivity index (χ1n) is 6.21. The largest absolute Gasteiger partial charge is 0.339 e. The highest BCUT2D eigenvalue weighted by atomic mass is 16.2. The van der Waals surface area contributed by atoms with Crippen LogP contribution in [0.15, 0.2) is 24.3 Å². The second-order valence-electron chi connectivity index (χ2n) is 4.55. The molecule has 1 aliphatic rings. The SMILES string of the molecule is CNC1CCN(C(=O)c2cccc(C#N)c2)CC1. The lowest BCUT2D eigenvalue weighted by atomic mass is 10.0. The van der Waals surface area contributed by atoms with E-state index in [-0.39, 0.29) is 5.91 Å². The highest BCUT2D eigenvalue weighted by Crippen LogP contribution is 2.14. The number of likely N-dealkylation sites (tertiary alicyclic amines) is 1. The van der Waals surface area contributed by atoms with Crippen molar-refractivity contribution in [1.29, 1.82) is 5.26 Å². The van der Waals surface area contributed by atoms with E-state index in [0.29, 0.717) is 17.2 Å². The van der Waals surface area contributed by atoms with Crippen LogP contribution in [0.5, 0.6) is 0 Å². The Morgan fingerprint density at radius 3 is 2.78 bits per heavy atom. The van der Waals surface area contributed by atoms with Gasteiger partial charge in [-0.25, -0.2) is 0 Å². The molecular formula is C14H17N3O. The average molecular weight is 243 g/mol. The fourth-order valence-electron chi connectivity index (χ4n) is 2.28. The monoisotopic (exact) mass is 243 g/mol. The first-order chi connectivity index (χ1) is 8.74. The van der Waals surface area contributed by atoms with Crippen molar-refractivity contribution in [2.45, 2.75) is 18.9 Å². The van der Waals surface area contributed by atoms with Crippen molar-refractivity contribution in [2.24, 2.45) is 0 Å². The third-order valence-corrected chi connectivity index (χ3v) is 3.43. The van der Waals surface area contributed by atoms with Gasteiger partial charge in [0.2, 0.25) is 0 Å². The molecule has 2 rings (SSSR count). The zero-order valence-corrected chi connectivity index (χ0v) is 10.5. The van der Waals surface area contributed by atoms with Gasteiger partial charge >= 0.3 is 0 Å². The van der Waals surface area contributed by atoms with Crippen LogP contribution in [0.2, 0.25) is 0 Å². The van der Waals surface area contributed by atoms with E-state index >= 15 is 0 Å². The minimum Gasteiger partial charge on any atom is -0.339 e. The summed E-state index contributed by atoms with van der Waals surface area (Å²) in [5.74, 6) is 0.0293. The van der Waals surface area contributed by atoms with E-state index in [1.165, 1.54) is 0 Å². The molecule has 1 N–H and O–H groups in total. The van der Waals surface area contributed by atoms with Crippen LogP contribution in [0, 0.1) is 11.3 Å². The lowest BCUT2D eigenvalue weighted by Crippen LogP contribution is -2.43. The second-order valence-corrected chi connectivity index (χ2v) is 4.55. The van der Waals surface area contributed by atoms with Crippen LogP contribution in [0.25, 0.3) is 0 Å². The number of piperidine rings is 1. The number of carbonyl (C=O) groups excluding carboxylic acids is 1. The standard InChI is InChI=1S/C14H17N3O/c1-16-13-5-7-17(8-6-13)14(18)12-4-2-3-11(9-12)10-15/h2-4,9,13,16H,5-8H2,1H3. The number of nitrogens with zero attached hydrogens (tertiary/aromatic N) is 2. The number of amides is 1. The van der Waals surface area contributed by atoms with Gasteiger partial charge in [-0.05, 0) is 38.1 Å². The molecule has 4 heteroatoms. The van der Waals surface area contributed by atoms with Gasteiger partial charge in [0.25, 0.3) is 5.91 Å².